The highest BCUT2D eigenvalue weighted by Gasteiger charge is 2.30. The van der Waals surface area contributed by atoms with Crippen molar-refractivity contribution in [3.8, 4) is 11.5 Å². The Labute approximate surface area is 142 Å². The number of ether oxygens (including phenoxy) is 2. The fourth-order valence-corrected chi connectivity index (χ4v) is 2.47. The van der Waals surface area contributed by atoms with Gasteiger partial charge in [-0.1, -0.05) is 0 Å². The molecule has 0 saturated carbocycles. The van der Waals surface area contributed by atoms with Crippen LogP contribution in [-0.4, -0.2) is 19.2 Å². The zero-order valence-electron chi connectivity index (χ0n) is 13.5. The zero-order valence-corrected chi connectivity index (χ0v) is 13.5. The number of anilines is 2. The molecule has 0 amide bonds. The highest BCUT2D eigenvalue weighted by atomic mass is 19.4. The van der Waals surface area contributed by atoms with Crippen molar-refractivity contribution in [3.05, 3.63) is 54.2 Å². The number of hydrogen-bond acceptors (Lipinski definition) is 4. The highest BCUT2D eigenvalue weighted by molar-refractivity contribution is 5.93. The normalized spacial score (nSPS) is 11.4. The number of methoxy groups -OCH3 is 2. The van der Waals surface area contributed by atoms with E-state index in [-0.39, 0.29) is 0 Å². The third kappa shape index (κ3) is 3.60. The summed E-state index contributed by atoms with van der Waals surface area (Å²) in [5.41, 5.74) is 0.875. The maximum absolute atomic E-state index is 13.0. The second kappa shape index (κ2) is 6.51. The summed E-state index contributed by atoms with van der Waals surface area (Å²) in [6, 6.07) is 10.2. The molecule has 1 aromatic heterocycles. The molecule has 3 rings (SSSR count). The number of halogens is 3. The van der Waals surface area contributed by atoms with Crippen molar-refractivity contribution in [1.82, 2.24) is 4.98 Å². The van der Waals surface area contributed by atoms with E-state index in [4.69, 9.17) is 9.47 Å². The van der Waals surface area contributed by atoms with Crippen molar-refractivity contribution < 1.29 is 22.6 Å². The lowest BCUT2D eigenvalue weighted by molar-refractivity contribution is -0.137. The predicted octanol–water partition coefficient (Wildman–Crippen LogP) is 5.01. The summed E-state index contributed by atoms with van der Waals surface area (Å²) in [4.78, 5) is 4.12. The molecule has 0 unspecified atom stereocenters. The van der Waals surface area contributed by atoms with E-state index in [1.807, 2.05) is 0 Å². The highest BCUT2D eigenvalue weighted by Crippen LogP contribution is 2.35. The van der Waals surface area contributed by atoms with Crippen molar-refractivity contribution in [2.75, 3.05) is 19.5 Å². The summed E-state index contributed by atoms with van der Waals surface area (Å²) in [5.74, 6) is 1.13. The second-order valence-corrected chi connectivity index (χ2v) is 5.31. The van der Waals surface area contributed by atoms with Gasteiger partial charge in [0.05, 0.1) is 25.3 Å². The standard InChI is InChI=1S/C18H15F3N2O2/c1-24-13-8-12(9-14(10-13)25-2)23-17-5-6-22-16-4-3-11(7-15(16)17)18(19,20)21/h3-10H,1-2H3,(H,22,23). The monoisotopic (exact) mass is 348 g/mol. The minimum absolute atomic E-state index is 0.374. The smallest absolute Gasteiger partial charge is 0.416 e. The Hall–Kier alpha value is -2.96. The van der Waals surface area contributed by atoms with E-state index in [1.165, 1.54) is 26.5 Å². The van der Waals surface area contributed by atoms with E-state index in [9.17, 15) is 13.2 Å². The van der Waals surface area contributed by atoms with E-state index < -0.39 is 11.7 Å². The van der Waals surface area contributed by atoms with E-state index in [0.717, 1.165) is 12.1 Å². The molecule has 4 nitrogen and oxygen atoms in total. The van der Waals surface area contributed by atoms with Crippen molar-refractivity contribution in [2.24, 2.45) is 0 Å². The zero-order chi connectivity index (χ0) is 18.0. The van der Waals surface area contributed by atoms with Gasteiger partial charge in [-0.15, -0.1) is 0 Å². The van der Waals surface area contributed by atoms with Crippen LogP contribution in [0.5, 0.6) is 11.5 Å². The van der Waals surface area contributed by atoms with Gasteiger partial charge in [0.15, 0.2) is 0 Å². The maximum Gasteiger partial charge on any atom is 0.416 e. The van der Waals surface area contributed by atoms with Gasteiger partial charge in [0.2, 0.25) is 0 Å². The van der Waals surface area contributed by atoms with E-state index in [1.54, 1.807) is 24.3 Å². The molecule has 0 fully saturated rings. The number of alkyl halides is 3. The number of pyridine rings is 1. The van der Waals surface area contributed by atoms with Crippen LogP contribution in [0.3, 0.4) is 0 Å². The SMILES string of the molecule is COc1cc(Nc2ccnc3ccc(C(F)(F)F)cc23)cc(OC)c1. The summed E-state index contributed by atoms with van der Waals surface area (Å²) in [7, 11) is 3.05. The van der Waals surface area contributed by atoms with Crippen molar-refractivity contribution in [1.29, 1.82) is 0 Å². The van der Waals surface area contributed by atoms with Gasteiger partial charge in [0.1, 0.15) is 11.5 Å². The van der Waals surface area contributed by atoms with E-state index >= 15 is 0 Å². The number of aromatic nitrogens is 1. The Bertz CT molecular complexity index is 888. The summed E-state index contributed by atoms with van der Waals surface area (Å²) in [6.07, 6.45) is -2.88. The Balaban J connectivity index is 2.07. The minimum atomic E-state index is -4.42. The summed E-state index contributed by atoms with van der Waals surface area (Å²) >= 11 is 0. The van der Waals surface area contributed by atoms with E-state index in [0.29, 0.717) is 33.8 Å². The van der Waals surface area contributed by atoms with Crippen LogP contribution in [-0.2, 0) is 6.18 Å². The Morgan fingerprint density at radius 3 is 2.20 bits per heavy atom. The molecule has 0 spiro atoms. The predicted molar refractivity (Wildman–Crippen MR) is 89.6 cm³/mol. The third-order valence-electron chi connectivity index (χ3n) is 3.70. The Morgan fingerprint density at radius 1 is 0.920 bits per heavy atom. The number of fused-ring (bicyclic) bond motifs is 1. The maximum atomic E-state index is 13.0. The van der Waals surface area contributed by atoms with Gasteiger partial charge >= 0.3 is 6.18 Å². The lowest BCUT2D eigenvalue weighted by Gasteiger charge is -2.13. The molecule has 0 radical (unpaired) electrons. The molecule has 0 bridgehead atoms. The minimum Gasteiger partial charge on any atom is -0.497 e. The van der Waals surface area contributed by atoms with Gasteiger partial charge in [0, 0.05) is 41.2 Å². The molecule has 7 heteroatoms. The molecule has 0 aliphatic carbocycles. The van der Waals surface area contributed by atoms with Gasteiger partial charge in [-0.05, 0) is 24.3 Å². The molecular weight excluding hydrogens is 333 g/mol. The first-order valence-corrected chi connectivity index (χ1v) is 7.37. The quantitative estimate of drug-likeness (QED) is 0.719. The van der Waals surface area contributed by atoms with Crippen molar-refractivity contribution in [2.45, 2.75) is 6.18 Å². The van der Waals surface area contributed by atoms with Crippen LogP contribution in [0.25, 0.3) is 10.9 Å². The van der Waals surface area contributed by atoms with Crippen LogP contribution in [0.2, 0.25) is 0 Å². The number of rotatable bonds is 4. The molecule has 25 heavy (non-hydrogen) atoms. The van der Waals surface area contributed by atoms with Crippen molar-refractivity contribution >= 4 is 22.3 Å². The number of nitrogens with zero attached hydrogens (tertiary/aromatic N) is 1. The average molecular weight is 348 g/mol. The van der Waals surface area contributed by atoms with Crippen molar-refractivity contribution in [3.63, 3.8) is 0 Å². The van der Waals surface area contributed by atoms with Crippen LogP contribution < -0.4 is 14.8 Å². The molecule has 3 aromatic rings. The van der Waals surface area contributed by atoms with Crippen LogP contribution in [0, 0.1) is 0 Å². The van der Waals surface area contributed by atoms with Crippen LogP contribution >= 0.6 is 0 Å². The van der Waals surface area contributed by atoms with Gasteiger partial charge in [-0.25, -0.2) is 0 Å². The summed E-state index contributed by atoms with van der Waals surface area (Å²) in [5, 5.41) is 3.48. The number of hydrogen-bond donors (Lipinski definition) is 1. The average Bonchev–Trinajstić information content (AvgIpc) is 2.60. The van der Waals surface area contributed by atoms with Crippen LogP contribution in [0.1, 0.15) is 5.56 Å². The fourth-order valence-electron chi connectivity index (χ4n) is 2.47. The first-order chi connectivity index (χ1) is 11.9. The van der Waals surface area contributed by atoms with Gasteiger partial charge in [-0.2, -0.15) is 13.2 Å². The molecule has 0 atom stereocenters. The lowest BCUT2D eigenvalue weighted by Crippen LogP contribution is -2.05. The summed E-state index contributed by atoms with van der Waals surface area (Å²) < 4.78 is 49.4. The number of nitrogens with one attached hydrogen (secondary N) is 1. The second-order valence-electron chi connectivity index (χ2n) is 5.31. The van der Waals surface area contributed by atoms with Gasteiger partial charge in [-0.3, -0.25) is 4.98 Å². The lowest BCUT2D eigenvalue weighted by atomic mass is 10.1. The van der Waals surface area contributed by atoms with E-state index in [2.05, 4.69) is 10.3 Å². The van der Waals surface area contributed by atoms with Crippen LogP contribution in [0.4, 0.5) is 24.5 Å². The molecular formula is C18H15F3N2O2. The molecule has 1 heterocycles. The molecule has 130 valence electrons. The Morgan fingerprint density at radius 2 is 1.60 bits per heavy atom. The molecule has 0 saturated heterocycles. The molecule has 2 aromatic carbocycles. The van der Waals surface area contributed by atoms with Gasteiger partial charge in [0.25, 0.3) is 0 Å². The third-order valence-corrected chi connectivity index (χ3v) is 3.70. The Kier molecular flexibility index (Phi) is 4.39. The summed E-state index contributed by atoms with van der Waals surface area (Å²) in [6.45, 7) is 0. The van der Waals surface area contributed by atoms with Crippen LogP contribution in [0.15, 0.2) is 48.7 Å². The first kappa shape index (κ1) is 16.9. The largest absolute Gasteiger partial charge is 0.497 e. The number of benzene rings is 2. The first-order valence-electron chi connectivity index (χ1n) is 7.37. The fraction of sp³-hybridized carbons (Fsp3) is 0.167. The molecule has 0 aliphatic heterocycles. The van der Waals surface area contributed by atoms with Gasteiger partial charge < -0.3 is 14.8 Å². The topological polar surface area (TPSA) is 43.4 Å². The molecule has 0 aliphatic rings. The molecule has 1 N–H and O–H groups in total.